The number of piperidine rings is 1. The van der Waals surface area contributed by atoms with Gasteiger partial charge < -0.3 is 10.2 Å². The average molecular weight is 516 g/mol. The second-order valence-corrected chi connectivity index (χ2v) is 10.8. The largest absolute Gasteiger partial charge is 0.348 e. The predicted molar refractivity (Wildman–Crippen MR) is 136 cm³/mol. The van der Waals surface area contributed by atoms with Gasteiger partial charge in [-0.05, 0) is 80.3 Å². The van der Waals surface area contributed by atoms with Gasteiger partial charge in [0, 0.05) is 29.7 Å². The van der Waals surface area contributed by atoms with Gasteiger partial charge in [0.15, 0.2) is 5.69 Å². The van der Waals surface area contributed by atoms with Crippen LogP contribution in [0.2, 0.25) is 5.02 Å². The van der Waals surface area contributed by atoms with Gasteiger partial charge in [-0.1, -0.05) is 16.8 Å². The number of nitrogens with one attached hydrogen (secondary N) is 1. The minimum Gasteiger partial charge on any atom is -0.348 e. The summed E-state index contributed by atoms with van der Waals surface area (Å²) in [6.07, 6.45) is 5.90. The second kappa shape index (κ2) is 8.96. The lowest BCUT2D eigenvalue weighted by molar-refractivity contribution is -0.118. The highest BCUT2D eigenvalue weighted by atomic mass is 35.5. The Morgan fingerprint density at radius 1 is 1.27 bits per heavy atom. The standard InChI is InChI=1S/C27H26ClN7O2/c1-14-25(34-12-19-7-23(19)27(34)37)8-18(11-30-14)15(2)35-13-24(32-33-35)26(36)31-21-5-17(6-21)22-9-20(28)4-3-16(22)10-29/h3-4,8-9,11,13,15,17,19,21,23H,5-7,12H2,1-2H3,(H,31,36)/t15?,17-,19-,21+,23-/m1/s1. The number of pyridine rings is 1. The zero-order valence-corrected chi connectivity index (χ0v) is 21.3. The molecule has 1 unspecified atom stereocenters. The molecule has 6 rings (SSSR count). The SMILES string of the molecule is Cc1ncc(C(C)n2cc(C(=O)N[C@H]3C[C@@H](c4cc(Cl)ccc4C#N)C3)nn2)cc1N1C[C@H]2C[C@H]2C1=O. The zero-order valence-electron chi connectivity index (χ0n) is 20.6. The maximum absolute atomic E-state index is 12.8. The van der Waals surface area contributed by atoms with Crippen LogP contribution >= 0.6 is 11.6 Å². The fourth-order valence-corrected chi connectivity index (χ4v) is 5.66. The van der Waals surface area contributed by atoms with E-state index in [0.717, 1.165) is 48.3 Å². The van der Waals surface area contributed by atoms with Gasteiger partial charge in [-0.2, -0.15) is 5.26 Å². The number of carbonyl (C=O) groups excluding carboxylic acids is 2. The molecule has 2 amide bonds. The topological polar surface area (TPSA) is 117 Å². The number of nitrogens with zero attached hydrogens (tertiary/aromatic N) is 6. The third kappa shape index (κ3) is 4.25. The molecule has 2 aliphatic carbocycles. The molecule has 0 bridgehead atoms. The van der Waals surface area contributed by atoms with Crippen molar-refractivity contribution in [1.29, 1.82) is 5.26 Å². The van der Waals surface area contributed by atoms with E-state index in [0.29, 0.717) is 16.5 Å². The third-order valence-electron chi connectivity index (χ3n) is 7.96. The molecule has 0 radical (unpaired) electrons. The lowest BCUT2D eigenvalue weighted by Crippen LogP contribution is -2.43. The molecule has 2 saturated carbocycles. The van der Waals surface area contributed by atoms with Crippen LogP contribution in [0.1, 0.15) is 71.0 Å². The van der Waals surface area contributed by atoms with E-state index >= 15 is 0 Å². The monoisotopic (exact) mass is 515 g/mol. The summed E-state index contributed by atoms with van der Waals surface area (Å²) in [5.41, 5.74) is 4.35. The minimum atomic E-state index is -0.280. The third-order valence-corrected chi connectivity index (χ3v) is 8.20. The van der Waals surface area contributed by atoms with E-state index in [2.05, 4.69) is 26.7 Å². The first-order valence-electron chi connectivity index (χ1n) is 12.5. The van der Waals surface area contributed by atoms with E-state index in [1.54, 1.807) is 29.2 Å². The maximum atomic E-state index is 12.8. The summed E-state index contributed by atoms with van der Waals surface area (Å²) in [6.45, 7) is 4.64. The number of benzene rings is 1. The van der Waals surface area contributed by atoms with Crippen LogP contribution in [0.3, 0.4) is 0 Å². The molecule has 9 nitrogen and oxygen atoms in total. The summed E-state index contributed by atoms with van der Waals surface area (Å²) >= 11 is 6.12. The van der Waals surface area contributed by atoms with Crippen LogP contribution in [0.5, 0.6) is 0 Å². The van der Waals surface area contributed by atoms with Gasteiger partial charge in [0.25, 0.3) is 5.91 Å². The highest BCUT2D eigenvalue weighted by Crippen LogP contribution is 2.48. The normalized spacial score (nSPS) is 24.7. The minimum absolute atomic E-state index is 0.00124. The number of hydrogen-bond acceptors (Lipinski definition) is 6. The van der Waals surface area contributed by atoms with E-state index in [4.69, 9.17) is 11.6 Å². The Labute approximate surface area is 219 Å². The fourth-order valence-electron chi connectivity index (χ4n) is 5.48. The van der Waals surface area contributed by atoms with Crippen molar-refractivity contribution in [1.82, 2.24) is 25.3 Å². The van der Waals surface area contributed by atoms with Crippen LogP contribution in [0.4, 0.5) is 5.69 Å². The number of carbonyl (C=O) groups is 2. The van der Waals surface area contributed by atoms with Crippen molar-refractivity contribution in [2.75, 3.05) is 11.4 Å². The molecule has 10 heteroatoms. The van der Waals surface area contributed by atoms with Gasteiger partial charge in [0.2, 0.25) is 5.91 Å². The van der Waals surface area contributed by atoms with Crippen molar-refractivity contribution >= 4 is 29.1 Å². The Balaban J connectivity index is 1.10. The number of fused-ring (bicyclic) bond motifs is 1. The lowest BCUT2D eigenvalue weighted by Gasteiger charge is -2.36. The van der Waals surface area contributed by atoms with E-state index in [9.17, 15) is 14.9 Å². The predicted octanol–water partition coefficient (Wildman–Crippen LogP) is 3.77. The zero-order chi connectivity index (χ0) is 25.8. The molecule has 1 N–H and O–H groups in total. The van der Waals surface area contributed by atoms with Gasteiger partial charge in [-0.25, -0.2) is 4.68 Å². The molecule has 3 atom stereocenters. The number of aryl methyl sites for hydroxylation is 1. The molecule has 37 heavy (non-hydrogen) atoms. The molecule has 1 aromatic carbocycles. The van der Waals surface area contributed by atoms with Gasteiger partial charge in [0.05, 0.1) is 35.3 Å². The quantitative estimate of drug-likeness (QED) is 0.534. The number of hydrogen-bond donors (Lipinski definition) is 1. The Kier molecular flexibility index (Phi) is 5.72. The number of nitriles is 1. The van der Waals surface area contributed by atoms with E-state index in [1.165, 1.54) is 0 Å². The smallest absolute Gasteiger partial charge is 0.273 e. The van der Waals surface area contributed by atoms with Crippen LogP contribution in [0.25, 0.3) is 0 Å². The summed E-state index contributed by atoms with van der Waals surface area (Å²) in [7, 11) is 0. The molecule has 1 saturated heterocycles. The van der Waals surface area contributed by atoms with Crippen LogP contribution in [-0.4, -0.2) is 44.4 Å². The van der Waals surface area contributed by atoms with Crippen LogP contribution in [0.15, 0.2) is 36.7 Å². The first kappa shape index (κ1) is 23.6. The first-order valence-corrected chi connectivity index (χ1v) is 12.9. The molecule has 188 valence electrons. The van der Waals surface area contributed by atoms with Crippen molar-refractivity contribution in [2.24, 2.45) is 11.8 Å². The number of rotatable bonds is 6. The highest BCUT2D eigenvalue weighted by Gasteiger charge is 2.52. The number of amides is 2. The van der Waals surface area contributed by atoms with Crippen molar-refractivity contribution in [3.63, 3.8) is 0 Å². The Hall–Kier alpha value is -3.77. The summed E-state index contributed by atoms with van der Waals surface area (Å²) in [5, 5.41) is 21.3. The molecule has 2 aromatic heterocycles. The van der Waals surface area contributed by atoms with E-state index < -0.39 is 0 Å². The number of aromatic nitrogens is 4. The van der Waals surface area contributed by atoms with E-state index in [1.807, 2.05) is 30.9 Å². The molecular formula is C27H26ClN7O2. The second-order valence-electron chi connectivity index (χ2n) is 10.4. The van der Waals surface area contributed by atoms with Crippen molar-refractivity contribution in [3.05, 3.63) is 69.8 Å². The maximum Gasteiger partial charge on any atom is 0.273 e. The molecular weight excluding hydrogens is 490 g/mol. The van der Waals surface area contributed by atoms with Crippen LogP contribution in [-0.2, 0) is 4.79 Å². The molecule has 1 aliphatic heterocycles. The molecule has 3 aliphatic rings. The van der Waals surface area contributed by atoms with E-state index in [-0.39, 0.29) is 41.4 Å². The lowest BCUT2D eigenvalue weighted by atomic mass is 9.74. The molecule has 0 spiro atoms. The van der Waals surface area contributed by atoms with Crippen molar-refractivity contribution in [3.8, 4) is 6.07 Å². The summed E-state index contributed by atoms with van der Waals surface area (Å²) in [6, 6.07) is 9.29. The van der Waals surface area contributed by atoms with Gasteiger partial charge in [-0.3, -0.25) is 14.6 Å². The summed E-state index contributed by atoms with van der Waals surface area (Å²) in [4.78, 5) is 31.8. The van der Waals surface area contributed by atoms with Gasteiger partial charge in [0.1, 0.15) is 0 Å². The highest BCUT2D eigenvalue weighted by molar-refractivity contribution is 6.30. The Morgan fingerprint density at radius 3 is 2.81 bits per heavy atom. The summed E-state index contributed by atoms with van der Waals surface area (Å²) in [5.74, 6) is 0.761. The van der Waals surface area contributed by atoms with Crippen molar-refractivity contribution in [2.45, 2.75) is 51.1 Å². The van der Waals surface area contributed by atoms with Gasteiger partial charge >= 0.3 is 0 Å². The van der Waals surface area contributed by atoms with Gasteiger partial charge in [-0.15, -0.1) is 5.10 Å². The average Bonchev–Trinajstić information content (AvgIpc) is 3.32. The number of halogens is 1. The summed E-state index contributed by atoms with van der Waals surface area (Å²) < 4.78 is 1.64. The van der Waals surface area contributed by atoms with Crippen molar-refractivity contribution < 1.29 is 9.59 Å². The van der Waals surface area contributed by atoms with Crippen LogP contribution < -0.4 is 10.2 Å². The molecule has 3 fully saturated rings. The Bertz CT molecular complexity index is 1460. The Morgan fingerprint density at radius 2 is 2.08 bits per heavy atom. The molecule has 3 heterocycles. The first-order chi connectivity index (χ1) is 17.8. The number of anilines is 1. The van der Waals surface area contributed by atoms with Crippen LogP contribution in [0, 0.1) is 30.1 Å². The fraction of sp³-hybridized carbons (Fsp3) is 0.407. The molecule has 3 aromatic rings.